The summed E-state index contributed by atoms with van der Waals surface area (Å²) in [6, 6.07) is 20.1. The van der Waals surface area contributed by atoms with Crippen LogP contribution in [0.15, 0.2) is 66.9 Å². The summed E-state index contributed by atoms with van der Waals surface area (Å²) in [4.78, 5) is 20.1. The highest BCUT2D eigenvalue weighted by Crippen LogP contribution is 2.29. The summed E-state index contributed by atoms with van der Waals surface area (Å²) < 4.78 is 2.19. The van der Waals surface area contributed by atoms with Crippen LogP contribution in [0.1, 0.15) is 18.4 Å². The van der Waals surface area contributed by atoms with Crippen molar-refractivity contribution in [2.75, 3.05) is 24.5 Å². The molecule has 0 spiro atoms. The van der Waals surface area contributed by atoms with Crippen LogP contribution < -0.4 is 10.2 Å². The van der Waals surface area contributed by atoms with Crippen molar-refractivity contribution >= 4 is 39.9 Å². The lowest BCUT2D eigenvalue weighted by atomic mass is 9.97. The van der Waals surface area contributed by atoms with Crippen LogP contribution >= 0.6 is 11.6 Å². The van der Waals surface area contributed by atoms with Crippen molar-refractivity contribution in [3.63, 3.8) is 0 Å². The Kier molecular flexibility index (Phi) is 5.51. The number of fused-ring (bicyclic) bond motifs is 3. The van der Waals surface area contributed by atoms with Gasteiger partial charge in [0.05, 0.1) is 22.5 Å². The molecule has 1 atom stereocenters. The Labute approximate surface area is 186 Å². The molecule has 5 rings (SSSR count). The molecule has 3 heterocycles. The van der Waals surface area contributed by atoms with E-state index in [4.69, 9.17) is 16.6 Å². The topological polar surface area (TPSA) is 49.6 Å². The van der Waals surface area contributed by atoms with Crippen LogP contribution in [0.2, 0.25) is 5.02 Å². The van der Waals surface area contributed by atoms with Crippen molar-refractivity contribution in [3.05, 3.63) is 77.4 Å². The van der Waals surface area contributed by atoms with Gasteiger partial charge in [-0.05, 0) is 61.2 Å². The summed E-state index contributed by atoms with van der Waals surface area (Å²) in [7, 11) is 0. The number of para-hydroxylation sites is 2. The molecule has 1 aliphatic heterocycles. The number of hydrogen-bond acceptors (Lipinski definition) is 3. The van der Waals surface area contributed by atoms with Gasteiger partial charge in [0, 0.05) is 30.9 Å². The van der Waals surface area contributed by atoms with Gasteiger partial charge < -0.3 is 14.6 Å². The normalized spacial score (nSPS) is 16.7. The molecular weight excluding hydrogens is 408 g/mol. The number of nitrogens with zero attached hydrogens (tertiary/aromatic N) is 3. The average molecular weight is 433 g/mol. The molecule has 5 nitrogen and oxygen atoms in total. The number of rotatable bonds is 5. The molecule has 0 bridgehead atoms. The van der Waals surface area contributed by atoms with E-state index in [9.17, 15) is 4.79 Å². The Balaban J connectivity index is 1.29. The quantitative estimate of drug-likeness (QED) is 0.496. The van der Waals surface area contributed by atoms with Crippen LogP contribution in [-0.4, -0.2) is 34.9 Å². The first kappa shape index (κ1) is 19.9. The van der Waals surface area contributed by atoms with Gasteiger partial charge in [-0.2, -0.15) is 0 Å². The number of halogens is 1. The highest BCUT2D eigenvalue weighted by molar-refractivity contribution is 6.30. The molecule has 0 radical (unpaired) electrons. The highest BCUT2D eigenvalue weighted by atomic mass is 35.5. The molecule has 1 amide bonds. The van der Waals surface area contributed by atoms with Crippen molar-refractivity contribution in [1.82, 2.24) is 14.7 Å². The van der Waals surface area contributed by atoms with E-state index in [0.29, 0.717) is 13.1 Å². The zero-order chi connectivity index (χ0) is 21.2. The molecule has 1 unspecified atom stereocenters. The summed E-state index contributed by atoms with van der Waals surface area (Å²) in [6.07, 6.45) is 4.77. The van der Waals surface area contributed by atoms with Gasteiger partial charge >= 0.3 is 0 Å². The SMILES string of the molecule is O=C(NCCc1ccc(Cl)cc1)C1CCCN(c2nc3ccccc3n3cccc23)C1. The molecule has 1 aliphatic rings. The first-order chi connectivity index (χ1) is 15.2. The molecule has 2 aromatic heterocycles. The summed E-state index contributed by atoms with van der Waals surface area (Å²) in [5, 5.41) is 3.86. The predicted octanol–water partition coefficient (Wildman–Crippen LogP) is 4.72. The van der Waals surface area contributed by atoms with E-state index < -0.39 is 0 Å². The van der Waals surface area contributed by atoms with Gasteiger partial charge in [0.25, 0.3) is 0 Å². The van der Waals surface area contributed by atoms with Crippen LogP contribution in [0.25, 0.3) is 16.6 Å². The van der Waals surface area contributed by atoms with Crippen molar-refractivity contribution in [3.8, 4) is 0 Å². The first-order valence-corrected chi connectivity index (χ1v) is 11.2. The van der Waals surface area contributed by atoms with Crippen molar-refractivity contribution in [1.29, 1.82) is 0 Å². The molecule has 0 aliphatic carbocycles. The van der Waals surface area contributed by atoms with Gasteiger partial charge in [0.15, 0.2) is 5.82 Å². The van der Waals surface area contributed by atoms with E-state index in [2.05, 4.69) is 39.0 Å². The number of amides is 1. The maximum atomic E-state index is 12.9. The Morgan fingerprint density at radius 3 is 2.74 bits per heavy atom. The first-order valence-electron chi connectivity index (χ1n) is 10.8. The zero-order valence-corrected chi connectivity index (χ0v) is 18.1. The van der Waals surface area contributed by atoms with Gasteiger partial charge in [-0.15, -0.1) is 0 Å². The molecule has 0 saturated carbocycles. The number of aromatic nitrogens is 2. The summed E-state index contributed by atoms with van der Waals surface area (Å²) in [5.74, 6) is 1.07. The highest BCUT2D eigenvalue weighted by Gasteiger charge is 2.27. The molecule has 158 valence electrons. The third-order valence-corrected chi connectivity index (χ3v) is 6.32. The standard InChI is InChI=1S/C25H25ClN4O/c26-20-11-9-18(10-12-20)13-14-27-25(31)19-5-3-15-29(17-19)24-23-8-4-16-30(23)22-7-2-1-6-21(22)28-24/h1-2,4,6-12,16,19H,3,5,13-15,17H2,(H,27,31). The van der Waals surface area contributed by atoms with Crippen molar-refractivity contribution in [2.45, 2.75) is 19.3 Å². The van der Waals surface area contributed by atoms with Gasteiger partial charge in [-0.25, -0.2) is 4.98 Å². The van der Waals surface area contributed by atoms with Gasteiger partial charge in [-0.3, -0.25) is 4.79 Å². The number of nitrogens with one attached hydrogen (secondary N) is 1. The lowest BCUT2D eigenvalue weighted by molar-refractivity contribution is -0.125. The Hall–Kier alpha value is -3.05. The van der Waals surface area contributed by atoms with Crippen LogP contribution in [0, 0.1) is 5.92 Å². The van der Waals surface area contributed by atoms with Gasteiger partial charge in [-0.1, -0.05) is 35.9 Å². The predicted molar refractivity (Wildman–Crippen MR) is 126 cm³/mol. The van der Waals surface area contributed by atoms with Crippen molar-refractivity contribution < 1.29 is 4.79 Å². The maximum absolute atomic E-state index is 12.9. The van der Waals surface area contributed by atoms with E-state index in [-0.39, 0.29) is 11.8 Å². The number of carbonyl (C=O) groups excluding carboxylic acids is 1. The smallest absolute Gasteiger partial charge is 0.224 e. The summed E-state index contributed by atoms with van der Waals surface area (Å²) >= 11 is 5.94. The Morgan fingerprint density at radius 2 is 1.87 bits per heavy atom. The van der Waals surface area contributed by atoms with E-state index in [1.165, 1.54) is 5.56 Å². The van der Waals surface area contributed by atoms with Crippen LogP contribution in [-0.2, 0) is 11.2 Å². The fraction of sp³-hybridized carbons (Fsp3) is 0.280. The summed E-state index contributed by atoms with van der Waals surface area (Å²) in [6.45, 7) is 2.24. The van der Waals surface area contributed by atoms with Crippen molar-refractivity contribution in [2.24, 2.45) is 5.92 Å². The second-order valence-electron chi connectivity index (χ2n) is 8.14. The van der Waals surface area contributed by atoms with Crippen LogP contribution in [0.3, 0.4) is 0 Å². The minimum atomic E-state index is -0.0257. The third-order valence-electron chi connectivity index (χ3n) is 6.06. The molecule has 1 N–H and O–H groups in total. The average Bonchev–Trinajstić information content (AvgIpc) is 3.30. The molecule has 2 aromatic carbocycles. The van der Waals surface area contributed by atoms with Gasteiger partial charge in [0.2, 0.25) is 5.91 Å². The number of carbonyl (C=O) groups is 1. The van der Waals surface area contributed by atoms with E-state index >= 15 is 0 Å². The van der Waals surface area contributed by atoms with E-state index in [0.717, 1.165) is 53.2 Å². The van der Waals surface area contributed by atoms with E-state index in [1.807, 2.05) is 42.5 Å². The number of anilines is 1. The van der Waals surface area contributed by atoms with Crippen LogP contribution in [0.4, 0.5) is 5.82 Å². The minimum Gasteiger partial charge on any atom is -0.355 e. The lowest BCUT2D eigenvalue weighted by Gasteiger charge is -2.33. The second-order valence-corrected chi connectivity index (χ2v) is 8.58. The molecule has 1 fully saturated rings. The van der Waals surface area contributed by atoms with Crippen LogP contribution in [0.5, 0.6) is 0 Å². The number of hydrogen-bond donors (Lipinski definition) is 1. The molecule has 31 heavy (non-hydrogen) atoms. The molecular formula is C25H25ClN4O. The fourth-order valence-corrected chi connectivity index (χ4v) is 4.57. The fourth-order valence-electron chi connectivity index (χ4n) is 4.45. The minimum absolute atomic E-state index is 0.0257. The van der Waals surface area contributed by atoms with Gasteiger partial charge in [0.1, 0.15) is 0 Å². The maximum Gasteiger partial charge on any atom is 0.224 e. The summed E-state index contributed by atoms with van der Waals surface area (Å²) in [5.41, 5.74) is 4.32. The zero-order valence-electron chi connectivity index (χ0n) is 17.3. The molecule has 1 saturated heterocycles. The monoisotopic (exact) mass is 432 g/mol. The molecule has 4 aromatic rings. The lowest BCUT2D eigenvalue weighted by Crippen LogP contribution is -2.44. The third kappa shape index (κ3) is 4.10. The number of piperidine rings is 1. The number of benzene rings is 2. The molecule has 6 heteroatoms. The largest absolute Gasteiger partial charge is 0.355 e. The Bertz CT molecular complexity index is 1220. The second kappa shape index (κ2) is 8.60. The Morgan fingerprint density at radius 1 is 1.06 bits per heavy atom. The van der Waals surface area contributed by atoms with E-state index in [1.54, 1.807) is 0 Å².